The predicted octanol–water partition coefficient (Wildman–Crippen LogP) is 6.18. The Morgan fingerprint density at radius 3 is 1.96 bits per heavy atom. The Kier molecular flexibility index (Phi) is 6.47. The molecule has 0 aliphatic heterocycles. The number of ether oxygens (including phenoxy) is 2. The third-order valence-corrected chi connectivity index (χ3v) is 4.68. The Morgan fingerprint density at radius 1 is 0.769 bits per heavy atom. The molecule has 0 spiro atoms. The molecule has 26 heavy (non-hydrogen) atoms. The third-order valence-electron chi connectivity index (χ3n) is 3.69. The smallest absolute Gasteiger partial charge is 0.153 e. The second kappa shape index (κ2) is 9.01. The van der Waals surface area contributed by atoms with Crippen molar-refractivity contribution in [1.82, 2.24) is 0 Å². The molecule has 0 radical (unpaired) electrons. The molecule has 0 amide bonds. The lowest BCUT2D eigenvalue weighted by molar-refractivity contribution is 0.111. The molecule has 0 aliphatic rings. The van der Waals surface area contributed by atoms with E-state index >= 15 is 0 Å². The van der Waals surface area contributed by atoms with Gasteiger partial charge in [-0.1, -0.05) is 56.1 Å². The first-order chi connectivity index (χ1) is 12.6. The lowest BCUT2D eigenvalue weighted by Gasteiger charge is -2.12. The number of hydrogen-bond donors (Lipinski definition) is 0. The van der Waals surface area contributed by atoms with Crippen molar-refractivity contribution in [2.24, 2.45) is 0 Å². The largest absolute Gasteiger partial charge is 0.489 e. The molecule has 0 aromatic heterocycles. The molecule has 3 rings (SSSR count). The monoisotopic (exact) mass is 474 g/mol. The van der Waals surface area contributed by atoms with Crippen molar-refractivity contribution in [3.63, 3.8) is 0 Å². The quantitative estimate of drug-likeness (QED) is 0.382. The summed E-state index contributed by atoms with van der Waals surface area (Å²) in [5, 5.41) is 0. The van der Waals surface area contributed by atoms with E-state index < -0.39 is 0 Å². The number of aldehydes is 1. The van der Waals surface area contributed by atoms with Crippen molar-refractivity contribution in [2.45, 2.75) is 13.2 Å². The van der Waals surface area contributed by atoms with Crippen LogP contribution in [0.5, 0.6) is 11.5 Å². The second-order valence-electron chi connectivity index (χ2n) is 5.65. The standard InChI is InChI=1S/C21H16Br2O3/c22-18-5-1-3-15(9-18)13-25-20-8-7-17(12-24)21(11-20)26-14-16-4-2-6-19(23)10-16/h1-12H,13-14H2. The van der Waals surface area contributed by atoms with Gasteiger partial charge in [-0.15, -0.1) is 0 Å². The summed E-state index contributed by atoms with van der Waals surface area (Å²) in [5.41, 5.74) is 2.56. The van der Waals surface area contributed by atoms with Gasteiger partial charge in [0.2, 0.25) is 0 Å². The second-order valence-corrected chi connectivity index (χ2v) is 7.49. The molecule has 3 nitrogen and oxygen atoms in total. The fraction of sp³-hybridized carbons (Fsp3) is 0.0952. The van der Waals surface area contributed by atoms with Gasteiger partial charge in [0.15, 0.2) is 6.29 Å². The SMILES string of the molecule is O=Cc1ccc(OCc2cccc(Br)c2)cc1OCc1cccc(Br)c1. The van der Waals surface area contributed by atoms with Crippen molar-refractivity contribution in [1.29, 1.82) is 0 Å². The molecule has 3 aromatic rings. The Labute approximate surface area is 169 Å². The van der Waals surface area contributed by atoms with Crippen molar-refractivity contribution >= 4 is 38.1 Å². The van der Waals surface area contributed by atoms with E-state index in [2.05, 4.69) is 31.9 Å². The minimum Gasteiger partial charge on any atom is -0.489 e. The summed E-state index contributed by atoms with van der Waals surface area (Å²) in [6.07, 6.45) is 0.786. The summed E-state index contributed by atoms with van der Waals surface area (Å²) < 4.78 is 13.7. The number of carbonyl (C=O) groups excluding carboxylic acids is 1. The maximum absolute atomic E-state index is 11.3. The lowest BCUT2D eigenvalue weighted by Crippen LogP contribution is -2.00. The molecule has 0 fully saturated rings. The molecule has 3 aromatic carbocycles. The average molecular weight is 476 g/mol. The summed E-state index contributed by atoms with van der Waals surface area (Å²) in [6.45, 7) is 0.806. The molecule has 0 unspecified atom stereocenters. The van der Waals surface area contributed by atoms with E-state index in [1.807, 2.05) is 48.5 Å². The summed E-state index contributed by atoms with van der Waals surface area (Å²) in [7, 11) is 0. The minimum atomic E-state index is 0.370. The van der Waals surface area contributed by atoms with Crippen LogP contribution in [0.25, 0.3) is 0 Å². The molecular formula is C21H16Br2O3. The van der Waals surface area contributed by atoms with Gasteiger partial charge in [-0.2, -0.15) is 0 Å². The van der Waals surface area contributed by atoms with E-state index in [4.69, 9.17) is 9.47 Å². The Hall–Kier alpha value is -2.11. The van der Waals surface area contributed by atoms with Crippen molar-refractivity contribution in [3.05, 3.63) is 92.4 Å². The predicted molar refractivity (Wildman–Crippen MR) is 109 cm³/mol. The molecule has 5 heteroatoms. The number of rotatable bonds is 7. The first-order valence-electron chi connectivity index (χ1n) is 7.98. The molecule has 132 valence electrons. The Morgan fingerprint density at radius 2 is 1.38 bits per heavy atom. The highest BCUT2D eigenvalue weighted by atomic mass is 79.9. The van der Waals surface area contributed by atoms with Crippen LogP contribution in [0.15, 0.2) is 75.7 Å². The average Bonchev–Trinajstić information content (AvgIpc) is 2.65. The van der Waals surface area contributed by atoms with Crippen LogP contribution in [0, 0.1) is 0 Å². The van der Waals surface area contributed by atoms with Crippen LogP contribution in [-0.2, 0) is 13.2 Å². The minimum absolute atomic E-state index is 0.370. The molecular weight excluding hydrogens is 460 g/mol. The third kappa shape index (κ3) is 5.19. The fourth-order valence-corrected chi connectivity index (χ4v) is 3.30. The Bertz CT molecular complexity index is 909. The summed E-state index contributed by atoms with van der Waals surface area (Å²) in [6, 6.07) is 21.0. The first-order valence-corrected chi connectivity index (χ1v) is 9.56. The van der Waals surface area contributed by atoms with Gasteiger partial charge in [0.25, 0.3) is 0 Å². The normalized spacial score (nSPS) is 10.4. The van der Waals surface area contributed by atoms with Crippen LogP contribution in [0.4, 0.5) is 0 Å². The summed E-state index contributed by atoms with van der Waals surface area (Å²) in [5.74, 6) is 1.16. The van der Waals surface area contributed by atoms with Gasteiger partial charge < -0.3 is 9.47 Å². The van der Waals surface area contributed by atoms with Crippen LogP contribution >= 0.6 is 31.9 Å². The molecule has 0 bridgehead atoms. The van der Waals surface area contributed by atoms with Gasteiger partial charge in [-0.05, 0) is 47.5 Å². The fourth-order valence-electron chi connectivity index (χ4n) is 2.41. The number of halogens is 2. The van der Waals surface area contributed by atoms with Gasteiger partial charge >= 0.3 is 0 Å². The molecule has 0 N–H and O–H groups in total. The highest BCUT2D eigenvalue weighted by molar-refractivity contribution is 9.10. The van der Waals surface area contributed by atoms with Crippen LogP contribution in [0.3, 0.4) is 0 Å². The maximum Gasteiger partial charge on any atom is 0.153 e. The van der Waals surface area contributed by atoms with Crippen molar-refractivity contribution in [3.8, 4) is 11.5 Å². The van der Waals surface area contributed by atoms with E-state index in [0.717, 1.165) is 26.4 Å². The van der Waals surface area contributed by atoms with Crippen LogP contribution < -0.4 is 9.47 Å². The van der Waals surface area contributed by atoms with E-state index in [1.54, 1.807) is 18.2 Å². The van der Waals surface area contributed by atoms with E-state index in [0.29, 0.717) is 30.3 Å². The van der Waals surface area contributed by atoms with Crippen LogP contribution in [0.2, 0.25) is 0 Å². The highest BCUT2D eigenvalue weighted by Crippen LogP contribution is 2.26. The van der Waals surface area contributed by atoms with Crippen molar-refractivity contribution < 1.29 is 14.3 Å². The van der Waals surface area contributed by atoms with Gasteiger partial charge in [0.05, 0.1) is 5.56 Å². The van der Waals surface area contributed by atoms with Gasteiger partial charge in [0.1, 0.15) is 24.7 Å². The molecule has 0 saturated carbocycles. The first kappa shape index (κ1) is 18.7. The van der Waals surface area contributed by atoms with E-state index in [-0.39, 0.29) is 0 Å². The van der Waals surface area contributed by atoms with Gasteiger partial charge in [0, 0.05) is 15.0 Å². The zero-order valence-corrected chi connectivity index (χ0v) is 17.0. The highest BCUT2D eigenvalue weighted by Gasteiger charge is 2.07. The molecule has 0 saturated heterocycles. The Balaban J connectivity index is 1.70. The summed E-state index contributed by atoms with van der Waals surface area (Å²) in [4.78, 5) is 11.3. The van der Waals surface area contributed by atoms with Crippen LogP contribution in [0.1, 0.15) is 21.5 Å². The van der Waals surface area contributed by atoms with Crippen LogP contribution in [-0.4, -0.2) is 6.29 Å². The number of hydrogen-bond acceptors (Lipinski definition) is 3. The zero-order chi connectivity index (χ0) is 18.4. The van der Waals surface area contributed by atoms with Gasteiger partial charge in [-0.25, -0.2) is 0 Å². The van der Waals surface area contributed by atoms with Crippen molar-refractivity contribution in [2.75, 3.05) is 0 Å². The van der Waals surface area contributed by atoms with E-state index in [9.17, 15) is 4.79 Å². The maximum atomic E-state index is 11.3. The zero-order valence-electron chi connectivity index (χ0n) is 13.8. The topological polar surface area (TPSA) is 35.5 Å². The summed E-state index contributed by atoms with van der Waals surface area (Å²) >= 11 is 6.89. The molecule has 0 heterocycles. The molecule has 0 aliphatic carbocycles. The van der Waals surface area contributed by atoms with Gasteiger partial charge in [-0.3, -0.25) is 4.79 Å². The number of benzene rings is 3. The molecule has 0 atom stereocenters. The number of carbonyl (C=O) groups is 1. The van der Waals surface area contributed by atoms with E-state index in [1.165, 1.54) is 0 Å². The lowest BCUT2D eigenvalue weighted by atomic mass is 10.2.